The van der Waals surface area contributed by atoms with Crippen LogP contribution in [0.1, 0.15) is 44.9 Å². The van der Waals surface area contributed by atoms with Crippen molar-refractivity contribution in [2.75, 3.05) is 12.4 Å². The monoisotopic (exact) mass is 251 g/mol. The molecule has 1 aliphatic carbocycles. The Morgan fingerprint density at radius 2 is 2.06 bits per heavy atom. The van der Waals surface area contributed by atoms with Crippen LogP contribution in [-0.2, 0) is 6.42 Å². The van der Waals surface area contributed by atoms with Crippen LogP contribution in [0.15, 0.2) is 11.1 Å². The highest BCUT2D eigenvalue weighted by Crippen LogP contribution is 2.33. The van der Waals surface area contributed by atoms with Gasteiger partial charge in [-0.1, -0.05) is 26.2 Å². The fourth-order valence-corrected chi connectivity index (χ4v) is 3.42. The van der Waals surface area contributed by atoms with Crippen molar-refractivity contribution in [1.29, 1.82) is 0 Å². The molecule has 0 spiro atoms. The maximum atomic E-state index is 4.61. The average Bonchev–Trinajstić information content (AvgIpc) is 2.39. The summed E-state index contributed by atoms with van der Waals surface area (Å²) in [5.41, 5.74) is 0. The molecule has 4 heteroatoms. The average molecular weight is 251 g/mol. The lowest BCUT2D eigenvalue weighted by atomic mass is 10.0. The molecule has 1 N–H and O–H groups in total. The summed E-state index contributed by atoms with van der Waals surface area (Å²) >= 11 is 1.93. The lowest BCUT2D eigenvalue weighted by Gasteiger charge is -2.20. The molecule has 17 heavy (non-hydrogen) atoms. The van der Waals surface area contributed by atoms with Crippen molar-refractivity contribution in [1.82, 2.24) is 9.97 Å². The Hall–Kier alpha value is -0.770. The molecule has 1 saturated carbocycles. The van der Waals surface area contributed by atoms with Crippen molar-refractivity contribution in [2.24, 2.45) is 0 Å². The first-order valence-corrected chi connectivity index (χ1v) is 7.42. The molecular formula is C13H21N3S. The normalized spacial score (nSPS) is 17.1. The van der Waals surface area contributed by atoms with E-state index in [1.807, 2.05) is 18.8 Å². The molecule has 1 aromatic rings. The minimum Gasteiger partial charge on any atom is -0.373 e. The molecule has 0 bridgehead atoms. The number of hydrogen-bond acceptors (Lipinski definition) is 4. The van der Waals surface area contributed by atoms with Gasteiger partial charge in [0.05, 0.1) is 0 Å². The molecule has 1 fully saturated rings. The molecule has 0 aromatic carbocycles. The molecule has 0 amide bonds. The molecule has 0 radical (unpaired) electrons. The van der Waals surface area contributed by atoms with Gasteiger partial charge in [0.25, 0.3) is 0 Å². The lowest BCUT2D eigenvalue weighted by Crippen LogP contribution is -2.09. The van der Waals surface area contributed by atoms with Gasteiger partial charge in [0.2, 0.25) is 0 Å². The summed E-state index contributed by atoms with van der Waals surface area (Å²) in [5.74, 6) is 1.88. The molecule has 3 nitrogen and oxygen atoms in total. The molecule has 2 rings (SSSR count). The second-order valence-corrected chi connectivity index (χ2v) is 5.81. The summed E-state index contributed by atoms with van der Waals surface area (Å²) < 4.78 is 0. The van der Waals surface area contributed by atoms with Crippen molar-refractivity contribution in [3.8, 4) is 0 Å². The van der Waals surface area contributed by atoms with E-state index in [1.54, 1.807) is 0 Å². The minimum absolute atomic E-state index is 0.757. The molecule has 1 heterocycles. The zero-order chi connectivity index (χ0) is 12.1. The third-order valence-corrected chi connectivity index (χ3v) is 4.42. The lowest BCUT2D eigenvalue weighted by molar-refractivity contribution is 0.515. The zero-order valence-electron chi connectivity index (χ0n) is 10.7. The molecule has 94 valence electrons. The highest BCUT2D eigenvalue weighted by molar-refractivity contribution is 7.99. The number of rotatable bonds is 4. The van der Waals surface area contributed by atoms with Gasteiger partial charge in [-0.15, -0.1) is 11.8 Å². The third kappa shape index (κ3) is 3.60. The summed E-state index contributed by atoms with van der Waals surface area (Å²) in [6.45, 7) is 2.10. The molecular weight excluding hydrogens is 230 g/mol. The second kappa shape index (κ2) is 6.24. The van der Waals surface area contributed by atoms with Gasteiger partial charge in [0.15, 0.2) is 0 Å². The van der Waals surface area contributed by atoms with Crippen LogP contribution >= 0.6 is 11.8 Å². The molecule has 0 atom stereocenters. The minimum atomic E-state index is 0.757. The molecule has 1 aliphatic rings. The largest absolute Gasteiger partial charge is 0.373 e. The highest BCUT2D eigenvalue weighted by atomic mass is 32.2. The summed E-state index contributed by atoms with van der Waals surface area (Å²) in [6, 6.07) is 2.07. The maximum absolute atomic E-state index is 4.61. The Kier molecular flexibility index (Phi) is 4.66. The number of aryl methyl sites for hydroxylation is 1. The van der Waals surface area contributed by atoms with Crippen molar-refractivity contribution < 1.29 is 0 Å². The Morgan fingerprint density at radius 1 is 1.29 bits per heavy atom. The Bertz CT molecular complexity index is 339. The Balaban J connectivity index is 2.07. The van der Waals surface area contributed by atoms with Crippen LogP contribution in [0.3, 0.4) is 0 Å². The Labute approximate surface area is 108 Å². The van der Waals surface area contributed by atoms with E-state index in [0.717, 1.165) is 28.3 Å². The second-order valence-electron chi connectivity index (χ2n) is 4.49. The smallest absolute Gasteiger partial charge is 0.131 e. The third-order valence-electron chi connectivity index (χ3n) is 3.16. The number of hydrogen-bond donors (Lipinski definition) is 1. The van der Waals surface area contributed by atoms with E-state index in [1.165, 1.54) is 32.1 Å². The maximum Gasteiger partial charge on any atom is 0.131 e. The van der Waals surface area contributed by atoms with Crippen molar-refractivity contribution in [3.05, 3.63) is 11.9 Å². The van der Waals surface area contributed by atoms with Gasteiger partial charge < -0.3 is 5.32 Å². The van der Waals surface area contributed by atoms with Gasteiger partial charge >= 0.3 is 0 Å². The van der Waals surface area contributed by atoms with Gasteiger partial charge in [0.1, 0.15) is 16.7 Å². The van der Waals surface area contributed by atoms with Gasteiger partial charge in [0, 0.05) is 24.8 Å². The van der Waals surface area contributed by atoms with Gasteiger partial charge in [-0.05, 0) is 12.8 Å². The quantitative estimate of drug-likeness (QED) is 0.831. The Morgan fingerprint density at radius 3 is 2.71 bits per heavy atom. The summed E-state index contributed by atoms with van der Waals surface area (Å²) in [7, 11) is 1.91. The predicted octanol–water partition coefficient (Wildman–Crippen LogP) is 3.51. The van der Waals surface area contributed by atoms with Crippen LogP contribution in [-0.4, -0.2) is 22.3 Å². The number of anilines is 1. The first-order chi connectivity index (χ1) is 8.31. The van der Waals surface area contributed by atoms with Crippen LogP contribution in [0.4, 0.5) is 5.82 Å². The molecule has 0 saturated heterocycles. The predicted molar refractivity (Wildman–Crippen MR) is 73.7 cm³/mol. The first kappa shape index (κ1) is 12.7. The van der Waals surface area contributed by atoms with E-state index in [0.29, 0.717) is 0 Å². The van der Waals surface area contributed by atoms with Crippen LogP contribution in [0, 0.1) is 0 Å². The van der Waals surface area contributed by atoms with Gasteiger partial charge in [-0.2, -0.15) is 0 Å². The number of thioether (sulfide) groups is 1. The highest BCUT2D eigenvalue weighted by Gasteiger charge is 2.16. The summed E-state index contributed by atoms with van der Waals surface area (Å²) in [6.07, 6.45) is 7.73. The number of nitrogens with one attached hydrogen (secondary N) is 1. The van der Waals surface area contributed by atoms with E-state index >= 15 is 0 Å². The van der Waals surface area contributed by atoms with E-state index < -0.39 is 0 Å². The molecule has 1 aromatic heterocycles. The van der Waals surface area contributed by atoms with Crippen LogP contribution < -0.4 is 5.32 Å². The standard InChI is InChI=1S/C13H21N3S/c1-3-11-15-12(14-2)9-13(16-11)17-10-7-5-4-6-8-10/h9-10H,3-8H2,1-2H3,(H,14,15,16). The van der Waals surface area contributed by atoms with Crippen molar-refractivity contribution in [3.63, 3.8) is 0 Å². The van der Waals surface area contributed by atoms with Gasteiger partial charge in [-0.3, -0.25) is 0 Å². The fraction of sp³-hybridized carbons (Fsp3) is 0.692. The van der Waals surface area contributed by atoms with Gasteiger partial charge in [-0.25, -0.2) is 9.97 Å². The van der Waals surface area contributed by atoms with Crippen LogP contribution in [0.5, 0.6) is 0 Å². The van der Waals surface area contributed by atoms with Crippen molar-refractivity contribution in [2.45, 2.75) is 55.7 Å². The van der Waals surface area contributed by atoms with Crippen molar-refractivity contribution >= 4 is 17.6 Å². The van der Waals surface area contributed by atoms with E-state index in [9.17, 15) is 0 Å². The van der Waals surface area contributed by atoms with E-state index in [4.69, 9.17) is 0 Å². The van der Waals surface area contributed by atoms with E-state index in [-0.39, 0.29) is 0 Å². The molecule has 0 aliphatic heterocycles. The van der Waals surface area contributed by atoms with Crippen LogP contribution in [0.2, 0.25) is 0 Å². The van der Waals surface area contributed by atoms with Crippen LogP contribution in [0.25, 0.3) is 0 Å². The molecule has 0 unspecified atom stereocenters. The SMILES string of the molecule is CCc1nc(NC)cc(SC2CCCCC2)n1. The number of aromatic nitrogens is 2. The first-order valence-electron chi connectivity index (χ1n) is 6.54. The summed E-state index contributed by atoms with van der Waals surface area (Å²) in [4.78, 5) is 9.03. The topological polar surface area (TPSA) is 37.8 Å². The zero-order valence-corrected chi connectivity index (χ0v) is 11.5. The van der Waals surface area contributed by atoms with E-state index in [2.05, 4.69) is 28.3 Å². The summed E-state index contributed by atoms with van der Waals surface area (Å²) in [5, 5.41) is 5.00. The fourth-order valence-electron chi connectivity index (χ4n) is 2.17. The number of nitrogens with zero attached hydrogens (tertiary/aromatic N) is 2.